The summed E-state index contributed by atoms with van der Waals surface area (Å²) in [6.07, 6.45) is 0. The van der Waals surface area contributed by atoms with Gasteiger partial charge < -0.3 is 4.98 Å². The molecule has 1 N–H and O–H groups in total. The Morgan fingerprint density at radius 3 is 2.65 bits per heavy atom. The van der Waals surface area contributed by atoms with E-state index in [2.05, 4.69) is 20.9 Å². The molecule has 0 bridgehead atoms. The van der Waals surface area contributed by atoms with Gasteiger partial charge in [0.1, 0.15) is 0 Å². The second-order valence-corrected chi connectivity index (χ2v) is 4.30. The first kappa shape index (κ1) is 11.5. The van der Waals surface area contributed by atoms with E-state index in [0.29, 0.717) is 15.7 Å². The van der Waals surface area contributed by atoms with Crippen LogP contribution in [0.2, 0.25) is 0 Å². The Kier molecular flexibility index (Phi) is 3.06. The van der Waals surface area contributed by atoms with Crippen LogP contribution in [0.3, 0.4) is 0 Å². The van der Waals surface area contributed by atoms with Crippen LogP contribution < -0.4 is 5.56 Å². The van der Waals surface area contributed by atoms with Crippen molar-refractivity contribution in [2.45, 2.75) is 0 Å². The molecule has 0 fully saturated rings. The van der Waals surface area contributed by atoms with E-state index in [4.69, 9.17) is 0 Å². The standard InChI is InChI=1S/C11H7BrN2O3/c12-8-4-7(5-9(6-8)14(16)17)10-2-1-3-11(15)13-10/h1-6H,(H,13,15). The number of nitro benzene ring substituents is 1. The highest BCUT2D eigenvalue weighted by Crippen LogP contribution is 2.26. The molecule has 0 aliphatic carbocycles. The van der Waals surface area contributed by atoms with Crippen LogP contribution in [0.4, 0.5) is 5.69 Å². The van der Waals surface area contributed by atoms with E-state index < -0.39 is 4.92 Å². The SMILES string of the molecule is O=c1cccc(-c2cc(Br)cc([N+](=O)[O-])c2)[nH]1. The summed E-state index contributed by atoms with van der Waals surface area (Å²) in [5.74, 6) is 0. The molecule has 5 nitrogen and oxygen atoms in total. The van der Waals surface area contributed by atoms with E-state index in [-0.39, 0.29) is 11.2 Å². The van der Waals surface area contributed by atoms with Crippen molar-refractivity contribution in [1.29, 1.82) is 0 Å². The van der Waals surface area contributed by atoms with Crippen molar-refractivity contribution in [2.75, 3.05) is 0 Å². The number of aromatic nitrogens is 1. The Hall–Kier alpha value is -1.95. The lowest BCUT2D eigenvalue weighted by Gasteiger charge is -2.02. The van der Waals surface area contributed by atoms with Gasteiger partial charge >= 0.3 is 0 Å². The van der Waals surface area contributed by atoms with Gasteiger partial charge in [0.05, 0.1) is 4.92 Å². The van der Waals surface area contributed by atoms with E-state index in [9.17, 15) is 14.9 Å². The zero-order valence-electron chi connectivity index (χ0n) is 8.51. The summed E-state index contributed by atoms with van der Waals surface area (Å²) < 4.78 is 0.589. The van der Waals surface area contributed by atoms with Crippen LogP contribution in [0.1, 0.15) is 0 Å². The number of benzene rings is 1. The molecule has 0 aliphatic heterocycles. The number of H-pyrrole nitrogens is 1. The molecule has 1 heterocycles. The van der Waals surface area contributed by atoms with Gasteiger partial charge in [-0.15, -0.1) is 0 Å². The van der Waals surface area contributed by atoms with Gasteiger partial charge in [-0.2, -0.15) is 0 Å². The minimum Gasteiger partial charge on any atom is -0.322 e. The average Bonchev–Trinajstić information content (AvgIpc) is 2.28. The summed E-state index contributed by atoms with van der Waals surface area (Å²) in [6.45, 7) is 0. The van der Waals surface area contributed by atoms with Gasteiger partial charge in [-0.3, -0.25) is 14.9 Å². The van der Waals surface area contributed by atoms with Crippen molar-refractivity contribution in [3.8, 4) is 11.3 Å². The number of non-ortho nitro benzene ring substituents is 1. The highest BCUT2D eigenvalue weighted by atomic mass is 79.9. The summed E-state index contributed by atoms with van der Waals surface area (Å²) in [5, 5.41) is 10.7. The van der Waals surface area contributed by atoms with Crippen molar-refractivity contribution in [2.24, 2.45) is 0 Å². The molecule has 2 aromatic rings. The number of hydrogen-bond acceptors (Lipinski definition) is 3. The van der Waals surface area contributed by atoms with Crippen molar-refractivity contribution >= 4 is 21.6 Å². The van der Waals surface area contributed by atoms with Crippen LogP contribution in [0.15, 0.2) is 45.7 Å². The fourth-order valence-corrected chi connectivity index (χ4v) is 1.93. The summed E-state index contributed by atoms with van der Waals surface area (Å²) >= 11 is 3.20. The second-order valence-electron chi connectivity index (χ2n) is 3.38. The maximum Gasteiger partial charge on any atom is 0.271 e. The first-order chi connectivity index (χ1) is 8.06. The second kappa shape index (κ2) is 4.50. The molecule has 86 valence electrons. The fraction of sp³-hybridized carbons (Fsp3) is 0. The van der Waals surface area contributed by atoms with E-state index in [0.717, 1.165) is 0 Å². The molecule has 0 amide bonds. The number of aromatic amines is 1. The Bertz CT molecular complexity index is 637. The largest absolute Gasteiger partial charge is 0.322 e. The summed E-state index contributed by atoms with van der Waals surface area (Å²) in [5.41, 5.74) is 0.856. The predicted octanol–water partition coefficient (Wildman–Crippen LogP) is 2.71. The fourth-order valence-electron chi connectivity index (χ4n) is 1.45. The minimum atomic E-state index is -0.477. The molecular weight excluding hydrogens is 288 g/mol. The van der Waals surface area contributed by atoms with Gasteiger partial charge in [0.2, 0.25) is 5.56 Å². The molecular formula is C11H7BrN2O3. The van der Waals surface area contributed by atoms with Crippen LogP contribution in [0.5, 0.6) is 0 Å². The quantitative estimate of drug-likeness (QED) is 0.683. The highest BCUT2D eigenvalue weighted by molar-refractivity contribution is 9.10. The van der Waals surface area contributed by atoms with Gasteiger partial charge in [-0.25, -0.2) is 0 Å². The number of rotatable bonds is 2. The number of hydrogen-bond donors (Lipinski definition) is 1. The smallest absolute Gasteiger partial charge is 0.271 e. The molecule has 1 aromatic heterocycles. The lowest BCUT2D eigenvalue weighted by atomic mass is 10.1. The molecule has 1 aromatic carbocycles. The maximum absolute atomic E-state index is 11.2. The first-order valence-electron chi connectivity index (χ1n) is 4.71. The van der Waals surface area contributed by atoms with Crippen molar-refractivity contribution in [1.82, 2.24) is 4.98 Å². The Morgan fingerprint density at radius 2 is 2.00 bits per heavy atom. The third-order valence-corrected chi connectivity index (χ3v) is 2.63. The van der Waals surface area contributed by atoms with Crippen molar-refractivity contribution < 1.29 is 4.92 Å². The van der Waals surface area contributed by atoms with Gasteiger partial charge in [0, 0.05) is 33.9 Å². The summed E-state index contributed by atoms with van der Waals surface area (Å²) in [7, 11) is 0. The number of nitrogens with zero attached hydrogens (tertiary/aromatic N) is 1. The minimum absolute atomic E-state index is 0.0286. The number of halogens is 1. The van der Waals surface area contributed by atoms with Crippen LogP contribution in [-0.4, -0.2) is 9.91 Å². The molecule has 0 saturated carbocycles. The van der Waals surface area contributed by atoms with Crippen LogP contribution >= 0.6 is 15.9 Å². The van der Waals surface area contributed by atoms with Gasteiger partial charge in [-0.1, -0.05) is 22.0 Å². The number of pyridine rings is 1. The zero-order valence-corrected chi connectivity index (χ0v) is 10.1. The van der Waals surface area contributed by atoms with Crippen LogP contribution in [-0.2, 0) is 0 Å². The van der Waals surface area contributed by atoms with E-state index >= 15 is 0 Å². The molecule has 2 rings (SSSR count). The molecule has 6 heteroatoms. The Balaban J connectivity index is 2.59. The zero-order chi connectivity index (χ0) is 12.4. The monoisotopic (exact) mass is 294 g/mol. The summed E-state index contributed by atoms with van der Waals surface area (Å²) in [6, 6.07) is 9.20. The summed E-state index contributed by atoms with van der Waals surface area (Å²) in [4.78, 5) is 24.0. The Morgan fingerprint density at radius 1 is 1.24 bits per heavy atom. The number of nitrogens with one attached hydrogen (secondary N) is 1. The van der Waals surface area contributed by atoms with Crippen LogP contribution in [0, 0.1) is 10.1 Å². The third-order valence-electron chi connectivity index (χ3n) is 2.17. The topological polar surface area (TPSA) is 76.0 Å². The normalized spacial score (nSPS) is 10.2. The molecule has 0 atom stereocenters. The molecule has 0 radical (unpaired) electrons. The third kappa shape index (κ3) is 2.59. The Labute approximate surface area is 104 Å². The van der Waals surface area contributed by atoms with Gasteiger partial charge in [0.25, 0.3) is 5.69 Å². The van der Waals surface area contributed by atoms with E-state index in [1.165, 1.54) is 18.2 Å². The van der Waals surface area contributed by atoms with E-state index in [1.54, 1.807) is 18.2 Å². The highest BCUT2D eigenvalue weighted by Gasteiger charge is 2.10. The molecule has 0 spiro atoms. The predicted molar refractivity (Wildman–Crippen MR) is 66.9 cm³/mol. The lowest BCUT2D eigenvalue weighted by molar-refractivity contribution is -0.384. The van der Waals surface area contributed by atoms with Crippen molar-refractivity contribution in [3.63, 3.8) is 0 Å². The van der Waals surface area contributed by atoms with E-state index in [1.807, 2.05) is 0 Å². The van der Waals surface area contributed by atoms with Crippen LogP contribution in [0.25, 0.3) is 11.3 Å². The molecule has 0 unspecified atom stereocenters. The number of nitro groups is 1. The molecule has 17 heavy (non-hydrogen) atoms. The van der Waals surface area contributed by atoms with Gasteiger partial charge in [-0.05, 0) is 12.1 Å². The molecule has 0 saturated heterocycles. The first-order valence-corrected chi connectivity index (χ1v) is 5.50. The maximum atomic E-state index is 11.2. The average molecular weight is 295 g/mol. The van der Waals surface area contributed by atoms with Crippen molar-refractivity contribution in [3.05, 3.63) is 61.3 Å². The van der Waals surface area contributed by atoms with Gasteiger partial charge in [0.15, 0.2) is 0 Å². The lowest BCUT2D eigenvalue weighted by Crippen LogP contribution is -2.03. The molecule has 0 aliphatic rings.